The van der Waals surface area contributed by atoms with Gasteiger partial charge in [-0.15, -0.1) is 0 Å². The molecular formula is C20H23ClN2O. The first-order valence-corrected chi connectivity index (χ1v) is 9.08. The van der Waals surface area contributed by atoms with Crippen molar-refractivity contribution in [3.63, 3.8) is 0 Å². The van der Waals surface area contributed by atoms with Crippen LogP contribution < -0.4 is 15.0 Å². The molecule has 0 amide bonds. The first kappa shape index (κ1) is 15.8. The van der Waals surface area contributed by atoms with Crippen LogP contribution in [0.15, 0.2) is 30.3 Å². The number of nitrogens with one attached hydrogen (secondary N) is 1. The summed E-state index contributed by atoms with van der Waals surface area (Å²) < 4.78 is 6.01. The van der Waals surface area contributed by atoms with Gasteiger partial charge in [0.05, 0.1) is 12.2 Å². The zero-order chi connectivity index (χ0) is 16.5. The highest BCUT2D eigenvalue weighted by Crippen LogP contribution is 2.40. The lowest BCUT2D eigenvalue weighted by Gasteiger charge is -2.34. The molecule has 0 aromatic heterocycles. The van der Waals surface area contributed by atoms with Crippen LogP contribution in [0, 0.1) is 6.92 Å². The molecule has 0 saturated heterocycles. The van der Waals surface area contributed by atoms with Crippen molar-refractivity contribution in [2.24, 2.45) is 0 Å². The summed E-state index contributed by atoms with van der Waals surface area (Å²) in [5.41, 5.74) is 6.84. The van der Waals surface area contributed by atoms with E-state index in [1.807, 2.05) is 12.1 Å². The maximum atomic E-state index is 6.16. The lowest BCUT2D eigenvalue weighted by molar-refractivity contribution is 0.306. The Kier molecular flexibility index (Phi) is 4.38. The van der Waals surface area contributed by atoms with E-state index in [0.29, 0.717) is 0 Å². The fraction of sp³-hybridized carbons (Fsp3) is 0.400. The summed E-state index contributed by atoms with van der Waals surface area (Å²) in [4.78, 5) is 2.44. The van der Waals surface area contributed by atoms with E-state index in [-0.39, 0.29) is 0 Å². The zero-order valence-electron chi connectivity index (χ0n) is 14.1. The fourth-order valence-corrected chi connectivity index (χ4v) is 4.12. The summed E-state index contributed by atoms with van der Waals surface area (Å²) in [6, 6.07) is 10.4. The molecule has 2 heterocycles. The Morgan fingerprint density at radius 1 is 1.21 bits per heavy atom. The minimum absolute atomic E-state index is 0.740. The number of benzene rings is 2. The maximum absolute atomic E-state index is 6.16. The molecule has 3 nitrogen and oxygen atoms in total. The largest absolute Gasteiger partial charge is 0.490 e. The highest BCUT2D eigenvalue weighted by Gasteiger charge is 2.25. The van der Waals surface area contributed by atoms with Gasteiger partial charge in [0, 0.05) is 11.6 Å². The number of ether oxygens (including phenoxy) is 1. The molecular weight excluding hydrogens is 320 g/mol. The summed E-state index contributed by atoms with van der Waals surface area (Å²) in [5, 5.41) is 4.30. The van der Waals surface area contributed by atoms with Crippen LogP contribution in [-0.2, 0) is 19.4 Å². The standard InChI is InChI=1S/C20H23ClN2O/c1-14-18-6-8-22-7-5-16(18)12-19-20(14)23(9-10-24-19)13-15-3-2-4-17(21)11-15/h2-4,11-12,22H,5-10,13H2,1H3. The monoisotopic (exact) mass is 342 g/mol. The smallest absolute Gasteiger partial charge is 0.143 e. The molecule has 2 aliphatic heterocycles. The number of fused-ring (bicyclic) bond motifs is 2. The highest BCUT2D eigenvalue weighted by molar-refractivity contribution is 6.30. The Balaban J connectivity index is 1.72. The molecule has 4 heteroatoms. The molecule has 2 aliphatic rings. The van der Waals surface area contributed by atoms with Crippen molar-refractivity contribution in [3.8, 4) is 5.75 Å². The molecule has 0 atom stereocenters. The number of hydrogen-bond donors (Lipinski definition) is 1. The number of rotatable bonds is 2. The molecule has 2 aromatic carbocycles. The molecule has 24 heavy (non-hydrogen) atoms. The molecule has 1 N–H and O–H groups in total. The third-order valence-electron chi connectivity index (χ3n) is 5.05. The number of hydrogen-bond acceptors (Lipinski definition) is 3. The van der Waals surface area contributed by atoms with E-state index in [4.69, 9.17) is 16.3 Å². The summed E-state index contributed by atoms with van der Waals surface area (Å²) in [7, 11) is 0. The molecule has 0 saturated carbocycles. The van der Waals surface area contributed by atoms with Gasteiger partial charge in [-0.3, -0.25) is 0 Å². The minimum Gasteiger partial charge on any atom is -0.490 e. The van der Waals surface area contributed by atoms with Gasteiger partial charge in [-0.25, -0.2) is 0 Å². The Hall–Kier alpha value is -1.71. The topological polar surface area (TPSA) is 24.5 Å². The average molecular weight is 343 g/mol. The van der Waals surface area contributed by atoms with Crippen LogP contribution in [-0.4, -0.2) is 26.2 Å². The summed E-state index contributed by atoms with van der Waals surface area (Å²) in [5.74, 6) is 1.04. The first-order chi connectivity index (χ1) is 11.7. The van der Waals surface area contributed by atoms with Crippen LogP contribution in [0.5, 0.6) is 5.75 Å². The second-order valence-corrected chi connectivity index (χ2v) is 7.07. The van der Waals surface area contributed by atoms with E-state index < -0.39 is 0 Å². The summed E-state index contributed by atoms with van der Waals surface area (Å²) in [6.45, 7) is 6.89. The molecule has 0 unspecified atom stereocenters. The van der Waals surface area contributed by atoms with Crippen molar-refractivity contribution in [2.75, 3.05) is 31.1 Å². The van der Waals surface area contributed by atoms with E-state index in [9.17, 15) is 0 Å². The SMILES string of the molecule is Cc1c2c(cc3c1N(Cc1cccc(Cl)c1)CCO3)CCNCC2. The lowest BCUT2D eigenvalue weighted by atomic mass is 9.94. The highest BCUT2D eigenvalue weighted by atomic mass is 35.5. The van der Waals surface area contributed by atoms with Crippen molar-refractivity contribution in [3.05, 3.63) is 57.6 Å². The van der Waals surface area contributed by atoms with Gasteiger partial charge in [0.15, 0.2) is 0 Å². The van der Waals surface area contributed by atoms with Crippen LogP contribution in [0.1, 0.15) is 22.3 Å². The third-order valence-corrected chi connectivity index (χ3v) is 5.29. The Morgan fingerprint density at radius 2 is 2.08 bits per heavy atom. The Morgan fingerprint density at radius 3 is 2.96 bits per heavy atom. The van der Waals surface area contributed by atoms with Gasteiger partial charge in [-0.2, -0.15) is 0 Å². The fourth-order valence-electron chi connectivity index (χ4n) is 3.91. The minimum atomic E-state index is 0.740. The van der Waals surface area contributed by atoms with Gasteiger partial charge in [0.2, 0.25) is 0 Å². The lowest BCUT2D eigenvalue weighted by Crippen LogP contribution is -2.33. The van der Waals surface area contributed by atoms with Gasteiger partial charge in [0.25, 0.3) is 0 Å². The number of halogens is 1. The van der Waals surface area contributed by atoms with Crippen molar-refractivity contribution >= 4 is 17.3 Å². The summed E-state index contributed by atoms with van der Waals surface area (Å²) in [6.07, 6.45) is 2.18. The predicted molar refractivity (Wildman–Crippen MR) is 99.5 cm³/mol. The normalized spacial score (nSPS) is 16.8. The zero-order valence-corrected chi connectivity index (χ0v) is 14.8. The molecule has 0 bridgehead atoms. The van der Waals surface area contributed by atoms with Crippen molar-refractivity contribution in [1.82, 2.24) is 5.32 Å². The van der Waals surface area contributed by atoms with Crippen molar-refractivity contribution in [1.29, 1.82) is 0 Å². The number of nitrogens with zero attached hydrogens (tertiary/aromatic N) is 1. The molecule has 0 spiro atoms. The second kappa shape index (κ2) is 6.66. The molecule has 0 radical (unpaired) electrons. The van der Waals surface area contributed by atoms with Crippen LogP contribution in [0.4, 0.5) is 5.69 Å². The van der Waals surface area contributed by atoms with Crippen LogP contribution >= 0.6 is 11.6 Å². The van der Waals surface area contributed by atoms with Crippen LogP contribution in [0.3, 0.4) is 0 Å². The van der Waals surface area contributed by atoms with E-state index >= 15 is 0 Å². The predicted octanol–water partition coefficient (Wildman–Crippen LogP) is 3.74. The average Bonchev–Trinajstić information content (AvgIpc) is 2.81. The Bertz CT molecular complexity index is 760. The van der Waals surface area contributed by atoms with Gasteiger partial charge in [-0.05, 0) is 73.3 Å². The Labute approximate surface area is 148 Å². The van der Waals surface area contributed by atoms with E-state index in [1.54, 1.807) is 0 Å². The van der Waals surface area contributed by atoms with E-state index in [1.165, 1.54) is 27.9 Å². The van der Waals surface area contributed by atoms with Gasteiger partial charge in [0.1, 0.15) is 12.4 Å². The van der Waals surface area contributed by atoms with Crippen LogP contribution in [0.25, 0.3) is 0 Å². The number of anilines is 1. The van der Waals surface area contributed by atoms with Crippen molar-refractivity contribution < 1.29 is 4.74 Å². The van der Waals surface area contributed by atoms with Gasteiger partial charge >= 0.3 is 0 Å². The van der Waals surface area contributed by atoms with Crippen molar-refractivity contribution in [2.45, 2.75) is 26.3 Å². The molecule has 4 rings (SSSR count). The molecule has 0 fully saturated rings. The van der Waals surface area contributed by atoms with E-state index in [2.05, 4.69) is 35.3 Å². The molecule has 2 aromatic rings. The third kappa shape index (κ3) is 2.99. The first-order valence-electron chi connectivity index (χ1n) is 8.70. The van der Waals surface area contributed by atoms with Gasteiger partial charge in [-0.1, -0.05) is 23.7 Å². The van der Waals surface area contributed by atoms with Gasteiger partial charge < -0.3 is 15.0 Å². The molecule has 0 aliphatic carbocycles. The second-order valence-electron chi connectivity index (χ2n) is 6.64. The molecule has 126 valence electrons. The quantitative estimate of drug-likeness (QED) is 0.899. The summed E-state index contributed by atoms with van der Waals surface area (Å²) >= 11 is 6.16. The van der Waals surface area contributed by atoms with E-state index in [0.717, 1.165) is 56.4 Å². The van der Waals surface area contributed by atoms with Crippen LogP contribution in [0.2, 0.25) is 5.02 Å². The maximum Gasteiger partial charge on any atom is 0.143 e.